The van der Waals surface area contributed by atoms with Gasteiger partial charge in [0, 0.05) is 12.1 Å². The van der Waals surface area contributed by atoms with Crippen molar-refractivity contribution in [2.24, 2.45) is 0 Å². The molecule has 1 N–H and O–H groups in total. The van der Waals surface area contributed by atoms with Crippen molar-refractivity contribution in [2.45, 2.75) is 45.5 Å². The van der Waals surface area contributed by atoms with Gasteiger partial charge in [0.1, 0.15) is 5.75 Å². The molecule has 0 aliphatic rings. The standard InChI is InChI=1S/C16H22F3NO/c1-5-6-9-21-14-8-7-12(11-20-15(2,3)4)10-13(14)16(17,18)19/h5,7-8,10,20H,1,6,9,11H2,2-4H3. The highest BCUT2D eigenvalue weighted by atomic mass is 19.4. The van der Waals surface area contributed by atoms with Gasteiger partial charge in [0.15, 0.2) is 0 Å². The molecule has 0 heterocycles. The van der Waals surface area contributed by atoms with Gasteiger partial charge in [-0.2, -0.15) is 13.2 Å². The van der Waals surface area contributed by atoms with Crippen molar-refractivity contribution < 1.29 is 17.9 Å². The van der Waals surface area contributed by atoms with Crippen molar-refractivity contribution in [3.8, 4) is 5.75 Å². The molecule has 0 atom stereocenters. The van der Waals surface area contributed by atoms with Gasteiger partial charge in [-0.05, 0) is 44.9 Å². The summed E-state index contributed by atoms with van der Waals surface area (Å²) in [6.45, 7) is 9.96. The molecule has 1 aromatic carbocycles. The Morgan fingerprint density at radius 2 is 1.90 bits per heavy atom. The second kappa shape index (κ2) is 6.98. The first-order chi connectivity index (χ1) is 9.63. The van der Waals surface area contributed by atoms with E-state index in [-0.39, 0.29) is 17.9 Å². The summed E-state index contributed by atoms with van der Waals surface area (Å²) in [4.78, 5) is 0. The lowest BCUT2D eigenvalue weighted by Gasteiger charge is -2.21. The predicted molar refractivity (Wildman–Crippen MR) is 78.3 cm³/mol. The van der Waals surface area contributed by atoms with E-state index in [1.807, 2.05) is 20.8 Å². The fraction of sp³-hybridized carbons (Fsp3) is 0.500. The third-order valence-corrected chi connectivity index (χ3v) is 2.75. The summed E-state index contributed by atoms with van der Waals surface area (Å²) in [6.07, 6.45) is -2.32. The molecule has 1 rings (SSSR count). The van der Waals surface area contributed by atoms with Gasteiger partial charge in [0.2, 0.25) is 0 Å². The highest BCUT2D eigenvalue weighted by Crippen LogP contribution is 2.37. The molecule has 0 fully saturated rings. The van der Waals surface area contributed by atoms with E-state index in [2.05, 4.69) is 11.9 Å². The minimum Gasteiger partial charge on any atom is -0.493 e. The van der Waals surface area contributed by atoms with Crippen LogP contribution in [0.15, 0.2) is 30.9 Å². The van der Waals surface area contributed by atoms with Crippen LogP contribution in [0, 0.1) is 0 Å². The van der Waals surface area contributed by atoms with Gasteiger partial charge in [-0.25, -0.2) is 0 Å². The molecule has 0 amide bonds. The second-order valence-electron chi connectivity index (χ2n) is 5.86. The zero-order chi connectivity index (χ0) is 16.1. The maximum absolute atomic E-state index is 13.1. The minimum atomic E-state index is -4.43. The van der Waals surface area contributed by atoms with Crippen LogP contribution in [-0.4, -0.2) is 12.1 Å². The molecule has 0 saturated heterocycles. The minimum absolute atomic E-state index is 0.135. The van der Waals surface area contributed by atoms with Gasteiger partial charge < -0.3 is 10.1 Å². The molecule has 0 unspecified atom stereocenters. The maximum Gasteiger partial charge on any atom is 0.419 e. The molecule has 0 spiro atoms. The summed E-state index contributed by atoms with van der Waals surface area (Å²) in [7, 11) is 0. The number of benzene rings is 1. The van der Waals surface area contributed by atoms with Crippen LogP contribution in [0.4, 0.5) is 13.2 Å². The largest absolute Gasteiger partial charge is 0.493 e. The fourth-order valence-corrected chi connectivity index (χ4v) is 1.65. The molecule has 21 heavy (non-hydrogen) atoms. The van der Waals surface area contributed by atoms with Crippen molar-refractivity contribution >= 4 is 0 Å². The van der Waals surface area contributed by atoms with Crippen molar-refractivity contribution in [1.29, 1.82) is 0 Å². The van der Waals surface area contributed by atoms with Gasteiger partial charge in [0.05, 0.1) is 12.2 Å². The van der Waals surface area contributed by atoms with E-state index in [4.69, 9.17) is 4.74 Å². The monoisotopic (exact) mass is 301 g/mol. The summed E-state index contributed by atoms with van der Waals surface area (Å²) in [6, 6.07) is 4.17. The summed E-state index contributed by atoms with van der Waals surface area (Å²) >= 11 is 0. The van der Waals surface area contributed by atoms with E-state index >= 15 is 0 Å². The fourth-order valence-electron chi connectivity index (χ4n) is 1.65. The Balaban J connectivity index is 2.93. The number of alkyl halides is 3. The Hall–Kier alpha value is -1.49. The first-order valence-corrected chi connectivity index (χ1v) is 6.82. The average Bonchev–Trinajstić information content (AvgIpc) is 2.35. The molecule has 1 aromatic rings. The van der Waals surface area contributed by atoms with Crippen molar-refractivity contribution in [3.63, 3.8) is 0 Å². The number of halogens is 3. The zero-order valence-corrected chi connectivity index (χ0v) is 12.7. The van der Waals surface area contributed by atoms with Crippen LogP contribution in [0.1, 0.15) is 38.3 Å². The first kappa shape index (κ1) is 17.6. The quantitative estimate of drug-likeness (QED) is 0.615. The third-order valence-electron chi connectivity index (χ3n) is 2.75. The zero-order valence-electron chi connectivity index (χ0n) is 12.7. The van der Waals surface area contributed by atoms with Crippen LogP contribution in [0.2, 0.25) is 0 Å². The third kappa shape index (κ3) is 6.21. The molecule has 0 aliphatic heterocycles. The SMILES string of the molecule is C=CCCOc1ccc(CNC(C)(C)C)cc1C(F)(F)F. The van der Waals surface area contributed by atoms with Crippen molar-refractivity contribution in [1.82, 2.24) is 5.32 Å². The lowest BCUT2D eigenvalue weighted by atomic mass is 10.1. The second-order valence-corrected chi connectivity index (χ2v) is 5.86. The molecule has 0 radical (unpaired) electrons. The van der Waals surface area contributed by atoms with Gasteiger partial charge >= 0.3 is 6.18 Å². The van der Waals surface area contributed by atoms with E-state index < -0.39 is 11.7 Å². The molecule has 5 heteroatoms. The molecule has 0 saturated carbocycles. The highest BCUT2D eigenvalue weighted by Gasteiger charge is 2.34. The van der Waals surface area contributed by atoms with E-state index in [1.165, 1.54) is 6.07 Å². The molecular weight excluding hydrogens is 279 g/mol. The van der Waals surface area contributed by atoms with Crippen LogP contribution < -0.4 is 10.1 Å². The highest BCUT2D eigenvalue weighted by molar-refractivity contribution is 5.39. The van der Waals surface area contributed by atoms with Gasteiger partial charge in [-0.3, -0.25) is 0 Å². The Kier molecular flexibility index (Phi) is 5.84. The smallest absolute Gasteiger partial charge is 0.419 e. The molecule has 2 nitrogen and oxygen atoms in total. The topological polar surface area (TPSA) is 21.3 Å². The summed E-state index contributed by atoms with van der Waals surface area (Å²) < 4.78 is 44.5. The van der Waals surface area contributed by atoms with Crippen LogP contribution in [0.3, 0.4) is 0 Å². The molecule has 0 aliphatic carbocycles. The van der Waals surface area contributed by atoms with Crippen LogP contribution in [0.5, 0.6) is 5.75 Å². The van der Waals surface area contributed by atoms with E-state index in [0.717, 1.165) is 6.07 Å². The van der Waals surface area contributed by atoms with Crippen LogP contribution in [-0.2, 0) is 12.7 Å². The normalized spacial score (nSPS) is 12.3. The van der Waals surface area contributed by atoms with Crippen molar-refractivity contribution in [3.05, 3.63) is 42.0 Å². The van der Waals surface area contributed by atoms with E-state index in [9.17, 15) is 13.2 Å². The number of rotatable bonds is 6. The Bertz CT molecular complexity index is 475. The number of hydrogen-bond donors (Lipinski definition) is 1. The molecule has 118 valence electrons. The van der Waals surface area contributed by atoms with E-state index in [1.54, 1.807) is 12.1 Å². The van der Waals surface area contributed by atoms with E-state index in [0.29, 0.717) is 18.5 Å². The Morgan fingerprint density at radius 3 is 2.43 bits per heavy atom. The average molecular weight is 301 g/mol. The Labute approximate surface area is 124 Å². The van der Waals surface area contributed by atoms with Crippen molar-refractivity contribution in [2.75, 3.05) is 6.61 Å². The lowest BCUT2D eigenvalue weighted by Crippen LogP contribution is -2.35. The summed E-state index contributed by atoms with van der Waals surface area (Å²) in [5, 5.41) is 3.17. The van der Waals surface area contributed by atoms with Gasteiger partial charge in [-0.15, -0.1) is 6.58 Å². The van der Waals surface area contributed by atoms with Gasteiger partial charge in [-0.1, -0.05) is 12.1 Å². The first-order valence-electron chi connectivity index (χ1n) is 6.82. The maximum atomic E-state index is 13.1. The number of hydrogen-bond acceptors (Lipinski definition) is 2. The summed E-state index contributed by atoms with van der Waals surface area (Å²) in [5.41, 5.74) is -0.314. The molecular formula is C16H22F3NO. The number of ether oxygens (including phenoxy) is 1. The summed E-state index contributed by atoms with van der Waals surface area (Å²) in [5.74, 6) is -0.135. The van der Waals surface area contributed by atoms with Gasteiger partial charge in [0.25, 0.3) is 0 Å². The lowest BCUT2D eigenvalue weighted by molar-refractivity contribution is -0.139. The number of nitrogens with one attached hydrogen (secondary N) is 1. The Morgan fingerprint density at radius 1 is 1.24 bits per heavy atom. The molecule has 0 aromatic heterocycles. The van der Waals surface area contributed by atoms with Crippen LogP contribution >= 0.6 is 0 Å². The van der Waals surface area contributed by atoms with Crippen LogP contribution in [0.25, 0.3) is 0 Å². The molecule has 0 bridgehead atoms. The predicted octanol–water partition coefficient (Wildman–Crippen LogP) is 4.55.